The van der Waals surface area contributed by atoms with E-state index < -0.39 is 0 Å². The molecule has 1 aromatic heterocycles. The summed E-state index contributed by atoms with van der Waals surface area (Å²) in [4.78, 5) is 4.26. The Bertz CT molecular complexity index is 284. The van der Waals surface area contributed by atoms with E-state index in [1.54, 1.807) is 0 Å². The first-order chi connectivity index (χ1) is 7.13. The molecule has 84 valence electrons. The fourth-order valence-electron chi connectivity index (χ4n) is 1.18. The fourth-order valence-corrected chi connectivity index (χ4v) is 2.14. The van der Waals surface area contributed by atoms with Crippen molar-refractivity contribution in [2.75, 3.05) is 5.75 Å². The van der Waals surface area contributed by atoms with Crippen LogP contribution in [0.25, 0.3) is 0 Å². The van der Waals surface area contributed by atoms with Gasteiger partial charge >= 0.3 is 0 Å². The van der Waals surface area contributed by atoms with Crippen LogP contribution in [0.15, 0.2) is 18.3 Å². The van der Waals surface area contributed by atoms with Crippen molar-refractivity contribution in [1.29, 1.82) is 0 Å². The van der Waals surface area contributed by atoms with Crippen LogP contribution < -0.4 is 5.73 Å². The molecule has 0 aliphatic rings. The Labute approximate surface area is 96.7 Å². The van der Waals surface area contributed by atoms with Crippen molar-refractivity contribution in [1.82, 2.24) is 4.98 Å². The normalized spacial score (nSPS) is 14.9. The Hall–Kier alpha value is -0.540. The lowest BCUT2D eigenvalue weighted by molar-refractivity contribution is 0.813. The first-order valence-corrected chi connectivity index (χ1v) is 6.48. The third-order valence-corrected chi connectivity index (χ3v) is 3.95. The average Bonchev–Trinajstić information content (AvgIpc) is 2.26. The lowest BCUT2D eigenvalue weighted by atomic mass is 10.1. The molecule has 0 saturated heterocycles. The van der Waals surface area contributed by atoms with Gasteiger partial charge in [-0.05, 0) is 25.0 Å². The molecule has 0 saturated carbocycles. The molecule has 15 heavy (non-hydrogen) atoms. The minimum atomic E-state index is 0.108. The number of thioether (sulfide) groups is 1. The molecule has 0 fully saturated rings. The maximum Gasteiger partial charge on any atom is 0.0402 e. The molecule has 1 aromatic rings. The summed E-state index contributed by atoms with van der Waals surface area (Å²) in [5, 5.41) is 0.689. The Balaban J connectivity index is 2.46. The van der Waals surface area contributed by atoms with E-state index in [1.807, 2.05) is 30.9 Å². The van der Waals surface area contributed by atoms with Crippen molar-refractivity contribution in [2.24, 2.45) is 5.73 Å². The van der Waals surface area contributed by atoms with Gasteiger partial charge in [0.25, 0.3) is 0 Å². The molecule has 0 bridgehead atoms. The molecule has 0 aliphatic carbocycles. The van der Waals surface area contributed by atoms with E-state index >= 15 is 0 Å². The largest absolute Gasteiger partial charge is 0.323 e. The molecule has 2 atom stereocenters. The maximum atomic E-state index is 6.09. The minimum Gasteiger partial charge on any atom is -0.323 e. The summed E-state index contributed by atoms with van der Waals surface area (Å²) in [5.41, 5.74) is 8.26. The zero-order valence-corrected chi connectivity index (χ0v) is 10.6. The summed E-state index contributed by atoms with van der Waals surface area (Å²) < 4.78 is 0. The molecule has 1 heterocycles. The Morgan fingerprint density at radius 3 is 2.73 bits per heavy atom. The third-order valence-electron chi connectivity index (χ3n) is 2.50. The molecular weight excluding hydrogens is 204 g/mol. The van der Waals surface area contributed by atoms with Crippen LogP contribution in [0.4, 0.5) is 0 Å². The van der Waals surface area contributed by atoms with Crippen molar-refractivity contribution in [3.63, 3.8) is 0 Å². The number of pyridine rings is 1. The second-order valence-electron chi connectivity index (χ2n) is 3.89. The van der Waals surface area contributed by atoms with Gasteiger partial charge in [0.15, 0.2) is 0 Å². The van der Waals surface area contributed by atoms with Crippen molar-refractivity contribution in [3.05, 3.63) is 29.6 Å². The second kappa shape index (κ2) is 6.13. The van der Waals surface area contributed by atoms with E-state index in [4.69, 9.17) is 5.73 Å². The number of aromatic nitrogens is 1. The van der Waals surface area contributed by atoms with Gasteiger partial charge in [0, 0.05) is 28.9 Å². The van der Waals surface area contributed by atoms with Crippen LogP contribution in [0.2, 0.25) is 0 Å². The lowest BCUT2D eigenvalue weighted by Crippen LogP contribution is -2.14. The number of aryl methyl sites for hydroxylation is 1. The summed E-state index contributed by atoms with van der Waals surface area (Å²) in [6, 6.07) is 4.20. The van der Waals surface area contributed by atoms with Gasteiger partial charge < -0.3 is 5.73 Å². The zero-order chi connectivity index (χ0) is 11.3. The summed E-state index contributed by atoms with van der Waals surface area (Å²) in [6.45, 7) is 6.44. The van der Waals surface area contributed by atoms with Gasteiger partial charge in [-0.25, -0.2) is 0 Å². The Kier molecular flexibility index (Phi) is 5.12. The molecule has 0 amide bonds. The highest BCUT2D eigenvalue weighted by Crippen LogP contribution is 2.20. The summed E-state index contributed by atoms with van der Waals surface area (Å²) in [6.07, 6.45) is 3.08. The molecule has 2 N–H and O–H groups in total. The average molecular weight is 224 g/mol. The summed E-state index contributed by atoms with van der Waals surface area (Å²) in [7, 11) is 0. The van der Waals surface area contributed by atoms with Crippen LogP contribution in [0.3, 0.4) is 0 Å². The van der Waals surface area contributed by atoms with Crippen LogP contribution in [-0.4, -0.2) is 16.0 Å². The van der Waals surface area contributed by atoms with E-state index in [0.717, 1.165) is 17.0 Å². The number of hydrogen-bond donors (Lipinski definition) is 1. The van der Waals surface area contributed by atoms with Gasteiger partial charge in [-0.15, -0.1) is 0 Å². The van der Waals surface area contributed by atoms with Gasteiger partial charge in [0.2, 0.25) is 0 Å². The van der Waals surface area contributed by atoms with Crippen LogP contribution in [-0.2, 0) is 0 Å². The molecule has 2 unspecified atom stereocenters. The molecule has 3 heteroatoms. The molecular formula is C12H20N2S. The first kappa shape index (κ1) is 12.5. The van der Waals surface area contributed by atoms with E-state index in [-0.39, 0.29) is 6.04 Å². The Morgan fingerprint density at radius 2 is 2.20 bits per heavy atom. The van der Waals surface area contributed by atoms with Gasteiger partial charge in [0.05, 0.1) is 0 Å². The first-order valence-electron chi connectivity index (χ1n) is 5.43. The number of nitrogens with two attached hydrogens (primary N) is 1. The SMILES string of the molecule is CCC(C)SCC(N)c1ccc(C)nc1. The zero-order valence-electron chi connectivity index (χ0n) is 9.73. The topological polar surface area (TPSA) is 38.9 Å². The van der Waals surface area contributed by atoms with Crippen LogP contribution >= 0.6 is 11.8 Å². The van der Waals surface area contributed by atoms with E-state index in [2.05, 4.69) is 24.9 Å². The highest BCUT2D eigenvalue weighted by molar-refractivity contribution is 7.99. The van der Waals surface area contributed by atoms with Crippen LogP contribution in [0.1, 0.15) is 37.6 Å². The molecule has 2 nitrogen and oxygen atoms in total. The van der Waals surface area contributed by atoms with E-state index in [1.165, 1.54) is 6.42 Å². The third kappa shape index (κ3) is 4.22. The predicted molar refractivity (Wildman–Crippen MR) is 68.1 cm³/mol. The smallest absolute Gasteiger partial charge is 0.0402 e. The quantitative estimate of drug-likeness (QED) is 0.836. The highest BCUT2D eigenvalue weighted by Gasteiger charge is 2.08. The number of nitrogens with zero attached hydrogens (tertiary/aromatic N) is 1. The van der Waals surface area contributed by atoms with Gasteiger partial charge in [0.1, 0.15) is 0 Å². The van der Waals surface area contributed by atoms with E-state index in [9.17, 15) is 0 Å². The maximum absolute atomic E-state index is 6.09. The van der Waals surface area contributed by atoms with Gasteiger partial charge in [-0.2, -0.15) is 11.8 Å². The fraction of sp³-hybridized carbons (Fsp3) is 0.583. The number of hydrogen-bond acceptors (Lipinski definition) is 3. The standard InChI is InChI=1S/C12H20N2S/c1-4-10(3)15-8-12(13)11-6-5-9(2)14-7-11/h5-7,10,12H,4,8,13H2,1-3H3. The van der Waals surface area contributed by atoms with Crippen LogP contribution in [0.5, 0.6) is 0 Å². The summed E-state index contributed by atoms with van der Waals surface area (Å²) in [5.74, 6) is 0.972. The number of rotatable bonds is 5. The molecule has 1 rings (SSSR count). The van der Waals surface area contributed by atoms with Crippen molar-refractivity contribution in [2.45, 2.75) is 38.5 Å². The predicted octanol–water partition coefficient (Wildman–Crippen LogP) is 2.92. The van der Waals surface area contributed by atoms with Crippen LogP contribution in [0, 0.1) is 6.92 Å². The van der Waals surface area contributed by atoms with Gasteiger partial charge in [-0.1, -0.05) is 19.9 Å². The van der Waals surface area contributed by atoms with E-state index in [0.29, 0.717) is 5.25 Å². The van der Waals surface area contributed by atoms with Crippen molar-refractivity contribution >= 4 is 11.8 Å². The highest BCUT2D eigenvalue weighted by atomic mass is 32.2. The molecule has 0 spiro atoms. The van der Waals surface area contributed by atoms with Crippen molar-refractivity contribution < 1.29 is 0 Å². The summed E-state index contributed by atoms with van der Waals surface area (Å²) >= 11 is 1.93. The van der Waals surface area contributed by atoms with Crippen molar-refractivity contribution in [3.8, 4) is 0 Å². The Morgan fingerprint density at radius 1 is 1.47 bits per heavy atom. The molecule has 0 aliphatic heterocycles. The lowest BCUT2D eigenvalue weighted by Gasteiger charge is -2.14. The molecule has 0 radical (unpaired) electrons. The second-order valence-corrected chi connectivity index (χ2v) is 5.36. The monoisotopic (exact) mass is 224 g/mol. The minimum absolute atomic E-state index is 0.108. The van der Waals surface area contributed by atoms with Gasteiger partial charge in [-0.3, -0.25) is 4.98 Å². The molecule has 0 aromatic carbocycles.